The van der Waals surface area contributed by atoms with Crippen LogP contribution in [0.15, 0.2) is 24.3 Å². The minimum Gasteiger partial charge on any atom is -0.352 e. The van der Waals surface area contributed by atoms with Crippen molar-refractivity contribution in [2.45, 2.75) is 70.4 Å². The predicted molar refractivity (Wildman–Crippen MR) is 114 cm³/mol. The van der Waals surface area contributed by atoms with E-state index < -0.39 is 0 Å². The Kier molecular flexibility index (Phi) is 6.18. The molecular formula is C23H32FN5O. The SMILES string of the molecule is Cc1nc(C)n(CC(=O)NC2CCN(CC3(c4ccccc4F)CCCC3)CC2)n1. The van der Waals surface area contributed by atoms with E-state index in [2.05, 4.69) is 20.3 Å². The number of likely N-dealkylation sites (tertiary alicyclic amines) is 1. The van der Waals surface area contributed by atoms with Crippen LogP contribution in [0.4, 0.5) is 4.39 Å². The fourth-order valence-corrected chi connectivity index (χ4v) is 5.24. The first-order valence-corrected chi connectivity index (χ1v) is 11.1. The zero-order valence-corrected chi connectivity index (χ0v) is 18.0. The third kappa shape index (κ3) is 4.56. The summed E-state index contributed by atoms with van der Waals surface area (Å²) in [7, 11) is 0. The van der Waals surface area contributed by atoms with Crippen LogP contribution < -0.4 is 5.32 Å². The highest BCUT2D eigenvalue weighted by molar-refractivity contribution is 5.76. The van der Waals surface area contributed by atoms with E-state index >= 15 is 0 Å². The molecule has 1 N–H and O–H groups in total. The van der Waals surface area contributed by atoms with Gasteiger partial charge in [0.15, 0.2) is 0 Å². The van der Waals surface area contributed by atoms with Crippen molar-refractivity contribution in [3.05, 3.63) is 47.3 Å². The van der Waals surface area contributed by atoms with Gasteiger partial charge in [-0.2, -0.15) is 5.10 Å². The maximum Gasteiger partial charge on any atom is 0.242 e. The quantitative estimate of drug-likeness (QED) is 0.790. The molecule has 2 aliphatic rings. The average molecular weight is 414 g/mol. The number of carbonyl (C=O) groups excluding carboxylic acids is 1. The minimum atomic E-state index is -0.0693. The molecule has 2 heterocycles. The summed E-state index contributed by atoms with van der Waals surface area (Å²) in [6.45, 7) is 6.68. The zero-order valence-electron chi connectivity index (χ0n) is 18.0. The van der Waals surface area contributed by atoms with E-state index in [1.807, 2.05) is 26.0 Å². The number of piperidine rings is 1. The van der Waals surface area contributed by atoms with Crippen molar-refractivity contribution >= 4 is 5.91 Å². The lowest BCUT2D eigenvalue weighted by molar-refractivity contribution is -0.122. The molecule has 2 fully saturated rings. The summed E-state index contributed by atoms with van der Waals surface area (Å²) in [5, 5.41) is 7.42. The Hall–Kier alpha value is -2.28. The van der Waals surface area contributed by atoms with E-state index in [4.69, 9.17) is 0 Å². The van der Waals surface area contributed by atoms with Crippen LogP contribution in [-0.4, -0.2) is 51.2 Å². The molecule has 0 radical (unpaired) electrons. The number of aromatic nitrogens is 3. The van der Waals surface area contributed by atoms with Gasteiger partial charge >= 0.3 is 0 Å². The minimum absolute atomic E-state index is 0.0138. The van der Waals surface area contributed by atoms with Crippen molar-refractivity contribution in [2.24, 2.45) is 0 Å². The van der Waals surface area contributed by atoms with Crippen LogP contribution in [0, 0.1) is 19.7 Å². The maximum absolute atomic E-state index is 14.6. The number of amides is 1. The average Bonchev–Trinajstić information content (AvgIpc) is 3.30. The highest BCUT2D eigenvalue weighted by Crippen LogP contribution is 2.43. The van der Waals surface area contributed by atoms with E-state index in [0.29, 0.717) is 5.82 Å². The molecule has 0 spiro atoms. The van der Waals surface area contributed by atoms with Crippen molar-refractivity contribution in [1.29, 1.82) is 0 Å². The number of nitrogens with one attached hydrogen (secondary N) is 1. The fraction of sp³-hybridized carbons (Fsp3) is 0.609. The summed E-state index contributed by atoms with van der Waals surface area (Å²) >= 11 is 0. The molecule has 7 heteroatoms. The first kappa shape index (κ1) is 21.0. The molecule has 0 unspecified atom stereocenters. The van der Waals surface area contributed by atoms with Gasteiger partial charge in [-0.25, -0.2) is 14.1 Å². The smallest absolute Gasteiger partial charge is 0.242 e. The first-order chi connectivity index (χ1) is 14.4. The number of halogens is 1. The number of benzene rings is 1. The molecule has 30 heavy (non-hydrogen) atoms. The highest BCUT2D eigenvalue weighted by Gasteiger charge is 2.39. The second-order valence-electron chi connectivity index (χ2n) is 8.95. The second kappa shape index (κ2) is 8.84. The Morgan fingerprint density at radius 2 is 1.90 bits per heavy atom. The van der Waals surface area contributed by atoms with Crippen molar-refractivity contribution in [3.8, 4) is 0 Å². The Morgan fingerprint density at radius 1 is 1.20 bits per heavy atom. The summed E-state index contributed by atoms with van der Waals surface area (Å²) in [5.41, 5.74) is 0.820. The van der Waals surface area contributed by atoms with Crippen LogP contribution in [0.1, 0.15) is 55.7 Å². The van der Waals surface area contributed by atoms with E-state index in [-0.39, 0.29) is 29.7 Å². The normalized spacial score (nSPS) is 19.8. The molecule has 1 saturated heterocycles. The van der Waals surface area contributed by atoms with E-state index in [0.717, 1.165) is 56.7 Å². The van der Waals surface area contributed by atoms with E-state index in [1.54, 1.807) is 16.8 Å². The zero-order chi connectivity index (χ0) is 21.1. The van der Waals surface area contributed by atoms with Crippen LogP contribution in [0.3, 0.4) is 0 Å². The van der Waals surface area contributed by atoms with Gasteiger partial charge in [0.25, 0.3) is 0 Å². The van der Waals surface area contributed by atoms with E-state index in [9.17, 15) is 9.18 Å². The standard InChI is InChI=1S/C23H32FN5O/c1-17-25-18(2)29(27-17)15-22(30)26-19-9-13-28(14-10-19)16-23(11-5-6-12-23)20-7-3-4-8-21(20)24/h3-4,7-8,19H,5-6,9-16H2,1-2H3,(H,26,30). The van der Waals surface area contributed by atoms with Gasteiger partial charge in [0.1, 0.15) is 24.0 Å². The Labute approximate surface area is 177 Å². The highest BCUT2D eigenvalue weighted by atomic mass is 19.1. The number of carbonyl (C=O) groups is 1. The molecule has 4 rings (SSSR count). The molecule has 0 atom stereocenters. The molecule has 1 aromatic carbocycles. The van der Waals surface area contributed by atoms with Gasteiger partial charge in [-0.1, -0.05) is 31.0 Å². The van der Waals surface area contributed by atoms with Gasteiger partial charge in [-0.15, -0.1) is 0 Å². The third-order valence-electron chi connectivity index (χ3n) is 6.74. The topological polar surface area (TPSA) is 63.1 Å². The second-order valence-corrected chi connectivity index (χ2v) is 8.95. The molecule has 2 aromatic rings. The van der Waals surface area contributed by atoms with Gasteiger partial charge in [-0.05, 0) is 51.2 Å². The summed E-state index contributed by atoms with van der Waals surface area (Å²) in [6.07, 6.45) is 6.30. The van der Waals surface area contributed by atoms with Crippen molar-refractivity contribution in [3.63, 3.8) is 0 Å². The molecule has 162 valence electrons. The fourth-order valence-electron chi connectivity index (χ4n) is 5.24. The van der Waals surface area contributed by atoms with Crippen LogP contribution in [-0.2, 0) is 16.8 Å². The van der Waals surface area contributed by atoms with Crippen LogP contribution in [0.5, 0.6) is 0 Å². The molecule has 1 aliphatic heterocycles. The summed E-state index contributed by atoms with van der Waals surface area (Å²) in [5.74, 6) is 1.36. The van der Waals surface area contributed by atoms with Crippen LogP contribution >= 0.6 is 0 Å². The number of hydrogen-bond acceptors (Lipinski definition) is 4. The Morgan fingerprint density at radius 3 is 2.53 bits per heavy atom. The molecule has 1 amide bonds. The van der Waals surface area contributed by atoms with E-state index in [1.165, 1.54) is 12.8 Å². The summed E-state index contributed by atoms with van der Waals surface area (Å²) in [4.78, 5) is 19.1. The number of hydrogen-bond donors (Lipinski definition) is 1. The van der Waals surface area contributed by atoms with Crippen molar-refractivity contribution < 1.29 is 9.18 Å². The first-order valence-electron chi connectivity index (χ1n) is 11.1. The predicted octanol–water partition coefficient (Wildman–Crippen LogP) is 3.13. The number of nitrogens with zero attached hydrogens (tertiary/aromatic N) is 4. The molecule has 1 aromatic heterocycles. The largest absolute Gasteiger partial charge is 0.352 e. The monoisotopic (exact) mass is 413 g/mol. The van der Waals surface area contributed by atoms with Crippen molar-refractivity contribution in [1.82, 2.24) is 25.0 Å². The lowest BCUT2D eigenvalue weighted by atomic mass is 9.77. The molecule has 1 saturated carbocycles. The number of aryl methyl sites for hydroxylation is 2. The Bertz CT molecular complexity index is 881. The van der Waals surface area contributed by atoms with Gasteiger partial charge in [0, 0.05) is 31.1 Å². The van der Waals surface area contributed by atoms with Crippen molar-refractivity contribution in [2.75, 3.05) is 19.6 Å². The maximum atomic E-state index is 14.6. The molecular weight excluding hydrogens is 381 g/mol. The van der Waals surface area contributed by atoms with Gasteiger partial charge < -0.3 is 10.2 Å². The molecule has 6 nitrogen and oxygen atoms in total. The number of rotatable bonds is 6. The lowest BCUT2D eigenvalue weighted by Crippen LogP contribution is -2.49. The molecule has 1 aliphatic carbocycles. The van der Waals surface area contributed by atoms with Crippen LogP contribution in [0.25, 0.3) is 0 Å². The third-order valence-corrected chi connectivity index (χ3v) is 6.74. The summed E-state index contributed by atoms with van der Waals surface area (Å²) < 4.78 is 16.2. The molecule has 0 bridgehead atoms. The van der Waals surface area contributed by atoms with Gasteiger partial charge in [0.05, 0.1) is 0 Å². The van der Waals surface area contributed by atoms with Gasteiger partial charge in [-0.3, -0.25) is 4.79 Å². The van der Waals surface area contributed by atoms with Gasteiger partial charge in [0.2, 0.25) is 5.91 Å². The lowest BCUT2D eigenvalue weighted by Gasteiger charge is -2.39. The summed E-state index contributed by atoms with van der Waals surface area (Å²) in [6, 6.07) is 7.49. The van der Waals surface area contributed by atoms with Crippen LogP contribution in [0.2, 0.25) is 0 Å². The Balaban J connectivity index is 1.31.